The van der Waals surface area contributed by atoms with Crippen molar-refractivity contribution in [1.82, 2.24) is 0 Å². The van der Waals surface area contributed by atoms with Crippen LogP contribution in [0.4, 0.5) is 0 Å². The Hall–Kier alpha value is -0.860. The summed E-state index contributed by atoms with van der Waals surface area (Å²) in [6.45, 7) is 2.15. The Bertz CT molecular complexity index is 469. The summed E-state index contributed by atoms with van der Waals surface area (Å²) in [5.74, 6) is 0.477. The van der Waals surface area contributed by atoms with E-state index in [2.05, 4.69) is 31.2 Å². The van der Waals surface area contributed by atoms with Crippen LogP contribution in [-0.4, -0.2) is 5.11 Å². The Balaban J connectivity index is 2.06. The van der Waals surface area contributed by atoms with Gasteiger partial charge >= 0.3 is 0 Å². The average Bonchev–Trinajstić information content (AvgIpc) is 2.76. The largest absolute Gasteiger partial charge is 0.384 e. The summed E-state index contributed by atoms with van der Waals surface area (Å²) in [6.07, 6.45) is 2.01. The maximum Gasteiger partial charge on any atom is 0.102 e. The molecule has 2 atom stereocenters. The molecule has 1 fully saturated rings. The highest BCUT2D eigenvalue weighted by Gasteiger charge is 2.53. The van der Waals surface area contributed by atoms with E-state index in [1.165, 1.54) is 10.1 Å². The minimum Gasteiger partial charge on any atom is -0.384 e. The van der Waals surface area contributed by atoms with Crippen molar-refractivity contribution < 1.29 is 5.11 Å². The molecule has 1 N–H and O–H groups in total. The fourth-order valence-electron chi connectivity index (χ4n) is 2.30. The average molecular weight is 218 g/mol. The standard InChI is InChI=1S/C13H14OS/c1-2-10-8-13(10,14)12-7-9-5-3-4-6-11(9)15-12/h3-7,10,14H,2,8H2,1H3. The first-order valence-electron chi connectivity index (χ1n) is 5.45. The molecule has 3 rings (SSSR count). The number of rotatable bonds is 2. The van der Waals surface area contributed by atoms with Crippen molar-refractivity contribution in [3.8, 4) is 0 Å². The maximum absolute atomic E-state index is 10.4. The second-order valence-corrected chi connectivity index (χ2v) is 5.47. The molecule has 0 bridgehead atoms. The van der Waals surface area contributed by atoms with Gasteiger partial charge in [0.05, 0.1) is 0 Å². The van der Waals surface area contributed by atoms with Gasteiger partial charge in [-0.2, -0.15) is 0 Å². The fourth-order valence-corrected chi connectivity index (χ4v) is 3.54. The van der Waals surface area contributed by atoms with Gasteiger partial charge in [0.1, 0.15) is 5.60 Å². The topological polar surface area (TPSA) is 20.2 Å². The molecule has 0 spiro atoms. The van der Waals surface area contributed by atoms with E-state index in [-0.39, 0.29) is 0 Å². The lowest BCUT2D eigenvalue weighted by Gasteiger charge is -2.05. The van der Waals surface area contributed by atoms with Gasteiger partial charge < -0.3 is 5.11 Å². The van der Waals surface area contributed by atoms with E-state index in [1.807, 2.05) is 6.07 Å². The van der Waals surface area contributed by atoms with E-state index >= 15 is 0 Å². The summed E-state index contributed by atoms with van der Waals surface area (Å²) in [7, 11) is 0. The normalized spacial score (nSPS) is 29.6. The fraction of sp³-hybridized carbons (Fsp3) is 0.385. The molecule has 2 heteroatoms. The number of hydrogen-bond donors (Lipinski definition) is 1. The van der Waals surface area contributed by atoms with Gasteiger partial charge in [-0.3, -0.25) is 0 Å². The molecule has 2 aromatic rings. The van der Waals surface area contributed by atoms with E-state index in [0.29, 0.717) is 5.92 Å². The summed E-state index contributed by atoms with van der Waals surface area (Å²) < 4.78 is 1.28. The third kappa shape index (κ3) is 1.32. The van der Waals surface area contributed by atoms with E-state index in [1.54, 1.807) is 11.3 Å². The van der Waals surface area contributed by atoms with Crippen LogP contribution in [0.3, 0.4) is 0 Å². The van der Waals surface area contributed by atoms with E-state index in [4.69, 9.17) is 0 Å². The molecule has 1 heterocycles. The van der Waals surface area contributed by atoms with Crippen LogP contribution in [0.15, 0.2) is 30.3 Å². The molecule has 1 saturated carbocycles. The molecule has 1 aromatic heterocycles. The van der Waals surface area contributed by atoms with Crippen LogP contribution >= 0.6 is 11.3 Å². The quantitative estimate of drug-likeness (QED) is 0.817. The zero-order chi connectivity index (χ0) is 10.5. The van der Waals surface area contributed by atoms with Crippen molar-refractivity contribution in [2.75, 3.05) is 0 Å². The van der Waals surface area contributed by atoms with E-state index < -0.39 is 5.60 Å². The van der Waals surface area contributed by atoms with Crippen LogP contribution in [0, 0.1) is 5.92 Å². The summed E-state index contributed by atoms with van der Waals surface area (Å²) in [6, 6.07) is 10.5. The number of fused-ring (bicyclic) bond motifs is 1. The molecule has 78 valence electrons. The second kappa shape index (κ2) is 3.06. The number of benzene rings is 1. The van der Waals surface area contributed by atoms with Crippen LogP contribution in [-0.2, 0) is 5.60 Å². The molecule has 0 saturated heterocycles. The van der Waals surface area contributed by atoms with Crippen molar-refractivity contribution in [3.05, 3.63) is 35.2 Å². The van der Waals surface area contributed by atoms with Gasteiger partial charge in [-0.25, -0.2) is 0 Å². The van der Waals surface area contributed by atoms with Crippen LogP contribution in [0.1, 0.15) is 24.6 Å². The second-order valence-electron chi connectivity index (χ2n) is 4.38. The van der Waals surface area contributed by atoms with Gasteiger partial charge in [0.15, 0.2) is 0 Å². The van der Waals surface area contributed by atoms with Crippen LogP contribution < -0.4 is 0 Å². The SMILES string of the molecule is CCC1CC1(O)c1cc2ccccc2s1. The molecule has 0 amide bonds. The first-order valence-corrected chi connectivity index (χ1v) is 6.27. The number of hydrogen-bond acceptors (Lipinski definition) is 2. The monoisotopic (exact) mass is 218 g/mol. The van der Waals surface area contributed by atoms with Crippen molar-refractivity contribution >= 4 is 21.4 Å². The Morgan fingerprint density at radius 1 is 1.47 bits per heavy atom. The van der Waals surface area contributed by atoms with Gasteiger partial charge in [0.2, 0.25) is 0 Å². The minimum atomic E-state index is -0.502. The Morgan fingerprint density at radius 3 is 2.93 bits per heavy atom. The minimum absolute atomic E-state index is 0.477. The highest BCUT2D eigenvalue weighted by molar-refractivity contribution is 7.19. The first kappa shape index (κ1) is 9.37. The Kier molecular flexibility index (Phi) is 1.91. The zero-order valence-corrected chi connectivity index (χ0v) is 9.55. The van der Waals surface area contributed by atoms with Crippen LogP contribution in [0.5, 0.6) is 0 Å². The molecular weight excluding hydrogens is 204 g/mol. The van der Waals surface area contributed by atoms with Gasteiger partial charge in [0.25, 0.3) is 0 Å². The molecule has 1 nitrogen and oxygen atoms in total. The van der Waals surface area contributed by atoms with Gasteiger partial charge in [-0.05, 0) is 29.9 Å². The van der Waals surface area contributed by atoms with Gasteiger partial charge in [-0.1, -0.05) is 31.5 Å². The molecule has 0 radical (unpaired) electrons. The molecule has 15 heavy (non-hydrogen) atoms. The number of thiophene rings is 1. The van der Waals surface area contributed by atoms with Crippen molar-refractivity contribution in [2.24, 2.45) is 5.92 Å². The van der Waals surface area contributed by atoms with Crippen molar-refractivity contribution in [1.29, 1.82) is 0 Å². The van der Waals surface area contributed by atoms with E-state index in [9.17, 15) is 5.11 Å². The van der Waals surface area contributed by atoms with Gasteiger partial charge in [-0.15, -0.1) is 11.3 Å². The van der Waals surface area contributed by atoms with Crippen molar-refractivity contribution in [2.45, 2.75) is 25.4 Å². The lowest BCUT2D eigenvalue weighted by molar-refractivity contribution is 0.134. The lowest BCUT2D eigenvalue weighted by atomic mass is 10.1. The molecule has 1 aliphatic rings. The summed E-state index contributed by atoms with van der Waals surface area (Å²) in [5.41, 5.74) is -0.502. The van der Waals surface area contributed by atoms with Crippen LogP contribution in [0.2, 0.25) is 0 Å². The highest BCUT2D eigenvalue weighted by atomic mass is 32.1. The molecule has 0 aliphatic heterocycles. The first-order chi connectivity index (χ1) is 7.24. The van der Waals surface area contributed by atoms with Crippen molar-refractivity contribution in [3.63, 3.8) is 0 Å². The molecular formula is C13H14OS. The van der Waals surface area contributed by atoms with Gasteiger partial charge in [0, 0.05) is 9.58 Å². The maximum atomic E-state index is 10.4. The van der Waals surface area contributed by atoms with Crippen LogP contribution in [0.25, 0.3) is 10.1 Å². The highest BCUT2D eigenvalue weighted by Crippen LogP contribution is 2.56. The molecule has 1 aliphatic carbocycles. The predicted octanol–water partition coefficient (Wildman–Crippen LogP) is 3.52. The molecule has 1 aromatic carbocycles. The van der Waals surface area contributed by atoms with E-state index in [0.717, 1.165) is 17.7 Å². The number of aliphatic hydroxyl groups is 1. The zero-order valence-electron chi connectivity index (χ0n) is 8.73. The third-order valence-corrected chi connectivity index (χ3v) is 4.70. The predicted molar refractivity (Wildman–Crippen MR) is 64.1 cm³/mol. The third-order valence-electron chi connectivity index (χ3n) is 3.42. The Labute approximate surface area is 93.4 Å². The summed E-state index contributed by atoms with van der Waals surface area (Å²) in [4.78, 5) is 1.15. The smallest absolute Gasteiger partial charge is 0.102 e. The lowest BCUT2D eigenvalue weighted by Crippen LogP contribution is -2.05. The Morgan fingerprint density at radius 2 is 2.27 bits per heavy atom. The summed E-state index contributed by atoms with van der Waals surface area (Å²) in [5, 5.41) is 11.6. The summed E-state index contributed by atoms with van der Waals surface area (Å²) >= 11 is 1.74. The molecule has 2 unspecified atom stereocenters.